The zero-order valence-electron chi connectivity index (χ0n) is 10.6. The van der Waals surface area contributed by atoms with E-state index < -0.39 is 0 Å². The van der Waals surface area contributed by atoms with Crippen LogP contribution in [0.5, 0.6) is 0 Å². The fourth-order valence-electron chi connectivity index (χ4n) is 2.64. The van der Waals surface area contributed by atoms with Gasteiger partial charge in [0.15, 0.2) is 11.6 Å². The van der Waals surface area contributed by atoms with Gasteiger partial charge >= 0.3 is 0 Å². The predicted molar refractivity (Wildman–Crippen MR) is 73.6 cm³/mol. The highest BCUT2D eigenvalue weighted by Crippen LogP contribution is 2.26. The Bertz CT molecular complexity index is 642. The summed E-state index contributed by atoms with van der Waals surface area (Å²) in [6.45, 7) is 0. The minimum atomic E-state index is -0.0623. The Kier molecular flexibility index (Phi) is 3.00. The molecule has 0 amide bonds. The minimum absolute atomic E-state index is 0.0623. The summed E-state index contributed by atoms with van der Waals surface area (Å²) in [5.41, 5.74) is 2.84. The van der Waals surface area contributed by atoms with E-state index in [0.717, 1.165) is 18.4 Å². The fraction of sp³-hybridized carbons (Fsp3) is 0.176. The number of aryl methyl sites for hydroxylation is 1. The first-order valence-corrected chi connectivity index (χ1v) is 6.52. The van der Waals surface area contributed by atoms with Gasteiger partial charge in [-0.2, -0.15) is 0 Å². The Morgan fingerprint density at radius 2 is 1.68 bits per heavy atom. The smallest absolute Gasteiger partial charge is 0.193 e. The van der Waals surface area contributed by atoms with Crippen LogP contribution in [0.2, 0.25) is 0 Å². The van der Waals surface area contributed by atoms with E-state index in [-0.39, 0.29) is 11.6 Å². The molecule has 2 nitrogen and oxygen atoms in total. The summed E-state index contributed by atoms with van der Waals surface area (Å²) in [5, 5.41) is 0. The SMILES string of the molecule is O=C(c1ccccc1)c1cccc2c1C(=O)CCC2. The Hall–Kier alpha value is -2.22. The summed E-state index contributed by atoms with van der Waals surface area (Å²) in [5.74, 6) is 0.0360. The van der Waals surface area contributed by atoms with Crippen LogP contribution in [0.3, 0.4) is 0 Å². The van der Waals surface area contributed by atoms with Crippen LogP contribution in [0.4, 0.5) is 0 Å². The maximum Gasteiger partial charge on any atom is 0.193 e. The van der Waals surface area contributed by atoms with E-state index in [0.29, 0.717) is 23.1 Å². The van der Waals surface area contributed by atoms with Crippen molar-refractivity contribution < 1.29 is 9.59 Å². The van der Waals surface area contributed by atoms with Crippen molar-refractivity contribution in [3.8, 4) is 0 Å². The maximum absolute atomic E-state index is 12.5. The minimum Gasteiger partial charge on any atom is -0.294 e. The van der Waals surface area contributed by atoms with Crippen LogP contribution < -0.4 is 0 Å². The molecule has 0 radical (unpaired) electrons. The molecule has 0 unspecified atom stereocenters. The zero-order valence-corrected chi connectivity index (χ0v) is 10.6. The third kappa shape index (κ3) is 2.10. The van der Waals surface area contributed by atoms with Gasteiger partial charge in [-0.15, -0.1) is 0 Å². The van der Waals surface area contributed by atoms with Gasteiger partial charge in [0.05, 0.1) is 0 Å². The van der Waals surface area contributed by atoms with Gasteiger partial charge in [-0.3, -0.25) is 9.59 Å². The van der Waals surface area contributed by atoms with Gasteiger partial charge in [-0.05, 0) is 18.4 Å². The molecule has 19 heavy (non-hydrogen) atoms. The lowest BCUT2D eigenvalue weighted by atomic mass is 9.85. The summed E-state index contributed by atoms with van der Waals surface area (Å²) in [4.78, 5) is 24.6. The molecular weight excluding hydrogens is 236 g/mol. The molecule has 1 aliphatic rings. The van der Waals surface area contributed by atoms with Crippen molar-refractivity contribution in [2.24, 2.45) is 0 Å². The standard InChI is InChI=1S/C17H14O2/c18-15-11-5-9-12-8-4-10-14(16(12)15)17(19)13-6-2-1-3-7-13/h1-4,6-8,10H,5,9,11H2. The van der Waals surface area contributed by atoms with Gasteiger partial charge in [0.1, 0.15) is 0 Å². The molecule has 2 heteroatoms. The lowest BCUT2D eigenvalue weighted by Gasteiger charge is -2.17. The second kappa shape index (κ2) is 4.81. The van der Waals surface area contributed by atoms with Gasteiger partial charge in [-0.1, -0.05) is 48.5 Å². The number of hydrogen-bond donors (Lipinski definition) is 0. The van der Waals surface area contributed by atoms with E-state index in [9.17, 15) is 9.59 Å². The van der Waals surface area contributed by atoms with Gasteiger partial charge in [0, 0.05) is 23.1 Å². The number of benzene rings is 2. The maximum atomic E-state index is 12.5. The van der Waals surface area contributed by atoms with Crippen molar-refractivity contribution in [1.82, 2.24) is 0 Å². The van der Waals surface area contributed by atoms with Crippen LogP contribution in [0.25, 0.3) is 0 Å². The van der Waals surface area contributed by atoms with Crippen molar-refractivity contribution in [3.63, 3.8) is 0 Å². The molecule has 0 spiro atoms. The Morgan fingerprint density at radius 1 is 0.895 bits per heavy atom. The molecule has 1 aliphatic carbocycles. The number of fused-ring (bicyclic) bond motifs is 1. The highest BCUT2D eigenvalue weighted by atomic mass is 16.1. The molecule has 3 rings (SSSR count). The third-order valence-corrected chi connectivity index (χ3v) is 3.56. The van der Waals surface area contributed by atoms with Crippen LogP contribution in [-0.2, 0) is 6.42 Å². The quantitative estimate of drug-likeness (QED) is 0.765. The summed E-state index contributed by atoms with van der Waals surface area (Å²) in [7, 11) is 0. The highest BCUT2D eigenvalue weighted by Gasteiger charge is 2.23. The summed E-state index contributed by atoms with van der Waals surface area (Å²) >= 11 is 0. The van der Waals surface area contributed by atoms with E-state index in [1.54, 1.807) is 18.2 Å². The van der Waals surface area contributed by atoms with E-state index in [2.05, 4.69) is 0 Å². The van der Waals surface area contributed by atoms with Gasteiger partial charge in [0.2, 0.25) is 0 Å². The van der Waals surface area contributed by atoms with Crippen LogP contribution in [0.1, 0.15) is 44.7 Å². The first-order chi connectivity index (χ1) is 9.27. The number of carbonyl (C=O) groups excluding carboxylic acids is 2. The number of ketones is 2. The molecule has 0 aromatic heterocycles. The van der Waals surface area contributed by atoms with Crippen LogP contribution in [0.15, 0.2) is 48.5 Å². The van der Waals surface area contributed by atoms with Crippen LogP contribution in [-0.4, -0.2) is 11.6 Å². The zero-order chi connectivity index (χ0) is 13.2. The van der Waals surface area contributed by atoms with Crippen molar-refractivity contribution >= 4 is 11.6 Å². The van der Waals surface area contributed by atoms with Crippen molar-refractivity contribution in [1.29, 1.82) is 0 Å². The van der Waals surface area contributed by atoms with Crippen LogP contribution >= 0.6 is 0 Å². The van der Waals surface area contributed by atoms with E-state index in [1.165, 1.54) is 0 Å². The Morgan fingerprint density at radius 3 is 2.47 bits per heavy atom. The number of rotatable bonds is 2. The van der Waals surface area contributed by atoms with Gasteiger partial charge in [0.25, 0.3) is 0 Å². The Labute approximate surface area is 112 Å². The molecule has 0 N–H and O–H groups in total. The second-order valence-corrected chi connectivity index (χ2v) is 4.81. The summed E-state index contributed by atoms with van der Waals surface area (Å²) in [6.07, 6.45) is 2.32. The average molecular weight is 250 g/mol. The topological polar surface area (TPSA) is 34.1 Å². The number of Topliss-reactive ketones (excluding diaryl/α,β-unsaturated/α-hetero) is 1. The molecule has 0 heterocycles. The molecule has 0 saturated carbocycles. The van der Waals surface area contributed by atoms with Gasteiger partial charge in [-0.25, -0.2) is 0 Å². The van der Waals surface area contributed by atoms with Crippen molar-refractivity contribution in [2.45, 2.75) is 19.3 Å². The monoisotopic (exact) mass is 250 g/mol. The summed E-state index contributed by atoms with van der Waals surface area (Å²) in [6, 6.07) is 14.7. The molecule has 0 saturated heterocycles. The Balaban J connectivity index is 2.12. The van der Waals surface area contributed by atoms with Crippen molar-refractivity contribution in [2.75, 3.05) is 0 Å². The molecule has 94 valence electrons. The largest absolute Gasteiger partial charge is 0.294 e. The lowest BCUT2D eigenvalue weighted by molar-refractivity contribution is 0.0958. The predicted octanol–water partition coefficient (Wildman–Crippen LogP) is 3.44. The molecule has 0 atom stereocenters. The van der Waals surface area contributed by atoms with E-state index in [4.69, 9.17) is 0 Å². The first kappa shape index (κ1) is 11.8. The van der Waals surface area contributed by atoms with Crippen molar-refractivity contribution in [3.05, 3.63) is 70.8 Å². The molecule has 0 fully saturated rings. The number of carbonyl (C=O) groups is 2. The highest BCUT2D eigenvalue weighted by molar-refractivity contribution is 6.16. The lowest BCUT2D eigenvalue weighted by Crippen LogP contribution is -2.17. The summed E-state index contributed by atoms with van der Waals surface area (Å²) < 4.78 is 0. The molecule has 2 aromatic rings. The van der Waals surface area contributed by atoms with Crippen LogP contribution in [0, 0.1) is 0 Å². The third-order valence-electron chi connectivity index (χ3n) is 3.56. The van der Waals surface area contributed by atoms with Gasteiger partial charge < -0.3 is 0 Å². The first-order valence-electron chi connectivity index (χ1n) is 6.52. The van der Waals surface area contributed by atoms with E-state index >= 15 is 0 Å². The second-order valence-electron chi connectivity index (χ2n) is 4.81. The fourth-order valence-corrected chi connectivity index (χ4v) is 2.64. The number of hydrogen-bond acceptors (Lipinski definition) is 2. The molecule has 0 bridgehead atoms. The molecule has 2 aromatic carbocycles. The van der Waals surface area contributed by atoms with E-state index in [1.807, 2.05) is 30.3 Å². The average Bonchev–Trinajstić information content (AvgIpc) is 2.47. The normalized spacial score (nSPS) is 14.0. The molecular formula is C17H14O2. The molecule has 0 aliphatic heterocycles.